The van der Waals surface area contributed by atoms with Crippen LogP contribution in [0, 0.1) is 12.8 Å². The molecule has 0 fully saturated rings. The van der Waals surface area contributed by atoms with Crippen LogP contribution >= 0.6 is 36.2 Å². The van der Waals surface area contributed by atoms with Crippen molar-refractivity contribution in [3.8, 4) is 10.6 Å². The van der Waals surface area contributed by atoms with E-state index in [9.17, 15) is 4.79 Å². The Labute approximate surface area is 160 Å². The number of nitrogens with zero attached hydrogens (tertiary/aromatic N) is 1. The molecule has 0 radical (unpaired) electrons. The summed E-state index contributed by atoms with van der Waals surface area (Å²) < 4.78 is 0. The predicted molar refractivity (Wildman–Crippen MR) is 107 cm³/mol. The number of hydrogen-bond acceptors (Lipinski definition) is 4. The zero-order chi connectivity index (χ0) is 16.1. The Morgan fingerprint density at radius 2 is 2.04 bits per heavy atom. The number of halogens is 2. The van der Waals surface area contributed by atoms with Crippen LogP contribution in [0.1, 0.15) is 36.3 Å². The van der Waals surface area contributed by atoms with Crippen LogP contribution in [-0.4, -0.2) is 23.5 Å². The molecular weight excluding hydrogens is 365 g/mol. The fourth-order valence-electron chi connectivity index (χ4n) is 2.33. The van der Waals surface area contributed by atoms with E-state index in [2.05, 4.69) is 24.1 Å². The monoisotopic (exact) mass is 389 g/mol. The van der Waals surface area contributed by atoms with Crippen LogP contribution in [0.5, 0.6) is 0 Å². The summed E-state index contributed by atoms with van der Waals surface area (Å²) in [4.78, 5) is 16.9. The highest BCUT2D eigenvalue weighted by atomic mass is 35.5. The van der Waals surface area contributed by atoms with Gasteiger partial charge in [0.05, 0.1) is 0 Å². The molecule has 1 heterocycles. The molecule has 24 heavy (non-hydrogen) atoms. The van der Waals surface area contributed by atoms with E-state index in [0.717, 1.165) is 22.7 Å². The van der Waals surface area contributed by atoms with Crippen molar-refractivity contribution in [2.45, 2.75) is 33.2 Å². The maximum absolute atomic E-state index is 12.4. The Hall–Kier alpha value is -1.14. The maximum atomic E-state index is 12.4. The van der Waals surface area contributed by atoms with Gasteiger partial charge in [0.1, 0.15) is 5.01 Å². The minimum Gasteiger partial charge on any atom is -0.348 e. The molecule has 0 aliphatic rings. The normalized spacial score (nSPS) is 11.4. The SMILES string of the molecule is Cc1csc(-c2cccc(C(=O)NC(CN)CC(C)C)c2)n1.Cl.Cl. The van der Waals surface area contributed by atoms with Crippen LogP contribution in [0.15, 0.2) is 29.6 Å². The van der Waals surface area contributed by atoms with Crippen LogP contribution in [-0.2, 0) is 0 Å². The Bertz CT molecular complexity index is 646. The Morgan fingerprint density at radius 1 is 1.33 bits per heavy atom. The van der Waals surface area contributed by atoms with E-state index in [0.29, 0.717) is 18.0 Å². The van der Waals surface area contributed by atoms with Crippen molar-refractivity contribution in [1.82, 2.24) is 10.3 Å². The van der Waals surface area contributed by atoms with Crippen molar-refractivity contribution < 1.29 is 4.79 Å². The second-order valence-electron chi connectivity index (χ2n) is 5.91. The fourth-order valence-corrected chi connectivity index (χ4v) is 3.13. The Balaban J connectivity index is 0.00000264. The van der Waals surface area contributed by atoms with Gasteiger partial charge in [0, 0.05) is 34.8 Å². The Kier molecular flexibility index (Phi) is 10.2. The first-order valence-electron chi connectivity index (χ1n) is 7.53. The standard InChI is InChI=1S/C17H23N3OS.2ClH/c1-11(2)7-15(9-18)20-16(21)13-5-4-6-14(8-13)17-19-12(3)10-22-17;;/h4-6,8,10-11,15H,7,9,18H2,1-3H3,(H,20,21);2*1H. The van der Waals surface area contributed by atoms with Gasteiger partial charge >= 0.3 is 0 Å². The number of aryl methyl sites for hydroxylation is 1. The van der Waals surface area contributed by atoms with Gasteiger partial charge in [0.25, 0.3) is 5.91 Å². The van der Waals surface area contributed by atoms with Crippen molar-refractivity contribution in [3.63, 3.8) is 0 Å². The maximum Gasteiger partial charge on any atom is 0.251 e. The van der Waals surface area contributed by atoms with Crippen molar-refractivity contribution in [2.75, 3.05) is 6.54 Å². The van der Waals surface area contributed by atoms with Gasteiger partial charge in [-0.1, -0.05) is 26.0 Å². The third-order valence-electron chi connectivity index (χ3n) is 3.37. The molecule has 0 aliphatic heterocycles. The number of benzene rings is 1. The predicted octanol–water partition coefficient (Wildman–Crippen LogP) is 4.07. The van der Waals surface area contributed by atoms with E-state index in [4.69, 9.17) is 5.73 Å². The molecule has 7 heteroatoms. The molecule has 1 atom stereocenters. The molecule has 0 aliphatic carbocycles. The minimum atomic E-state index is -0.0776. The quantitative estimate of drug-likeness (QED) is 0.782. The summed E-state index contributed by atoms with van der Waals surface area (Å²) in [5, 5.41) is 5.96. The number of rotatable bonds is 6. The van der Waals surface area contributed by atoms with Crippen LogP contribution in [0.2, 0.25) is 0 Å². The second kappa shape index (κ2) is 10.7. The lowest BCUT2D eigenvalue weighted by Gasteiger charge is -2.19. The third-order valence-corrected chi connectivity index (χ3v) is 4.38. The zero-order valence-electron chi connectivity index (χ0n) is 14.1. The highest BCUT2D eigenvalue weighted by molar-refractivity contribution is 7.13. The van der Waals surface area contributed by atoms with Crippen molar-refractivity contribution in [1.29, 1.82) is 0 Å². The molecule has 2 aromatic rings. The number of aromatic nitrogens is 1. The first-order chi connectivity index (χ1) is 10.5. The molecule has 3 N–H and O–H groups in total. The molecule has 4 nitrogen and oxygen atoms in total. The van der Waals surface area contributed by atoms with Crippen LogP contribution in [0.25, 0.3) is 10.6 Å². The summed E-state index contributed by atoms with van der Waals surface area (Å²) in [6.07, 6.45) is 0.883. The van der Waals surface area contributed by atoms with Gasteiger partial charge in [-0.2, -0.15) is 0 Å². The lowest BCUT2D eigenvalue weighted by atomic mass is 10.0. The van der Waals surface area contributed by atoms with Gasteiger partial charge < -0.3 is 11.1 Å². The Morgan fingerprint density at radius 3 is 2.58 bits per heavy atom. The summed E-state index contributed by atoms with van der Waals surface area (Å²) >= 11 is 1.59. The van der Waals surface area contributed by atoms with E-state index in [1.807, 2.05) is 36.6 Å². The summed E-state index contributed by atoms with van der Waals surface area (Å²) in [7, 11) is 0. The molecule has 0 saturated carbocycles. The number of nitrogens with two attached hydrogens (primary N) is 1. The summed E-state index contributed by atoms with van der Waals surface area (Å²) in [6, 6.07) is 7.58. The number of thiazole rings is 1. The first-order valence-corrected chi connectivity index (χ1v) is 8.41. The largest absolute Gasteiger partial charge is 0.348 e. The van der Waals surface area contributed by atoms with Gasteiger partial charge in [-0.15, -0.1) is 36.2 Å². The molecule has 1 unspecified atom stereocenters. The molecule has 134 valence electrons. The third kappa shape index (κ3) is 6.40. The minimum absolute atomic E-state index is 0. The van der Waals surface area contributed by atoms with Crippen LogP contribution in [0.4, 0.5) is 0 Å². The van der Waals surface area contributed by atoms with Crippen LogP contribution < -0.4 is 11.1 Å². The summed E-state index contributed by atoms with van der Waals surface area (Å²) in [5.74, 6) is 0.421. The highest BCUT2D eigenvalue weighted by Gasteiger charge is 2.14. The molecule has 0 saturated heterocycles. The van der Waals surface area contributed by atoms with Crippen molar-refractivity contribution in [2.24, 2.45) is 11.7 Å². The van der Waals surface area contributed by atoms with E-state index in [1.54, 1.807) is 11.3 Å². The smallest absolute Gasteiger partial charge is 0.251 e. The molecule has 1 amide bonds. The van der Waals surface area contributed by atoms with Crippen molar-refractivity contribution >= 4 is 42.1 Å². The topological polar surface area (TPSA) is 68.0 Å². The summed E-state index contributed by atoms with van der Waals surface area (Å²) in [6.45, 7) is 6.67. The van der Waals surface area contributed by atoms with Gasteiger partial charge in [-0.05, 0) is 31.4 Å². The van der Waals surface area contributed by atoms with E-state index < -0.39 is 0 Å². The number of hydrogen-bond donors (Lipinski definition) is 2. The molecule has 1 aromatic heterocycles. The number of carbonyl (C=O) groups is 1. The highest BCUT2D eigenvalue weighted by Crippen LogP contribution is 2.24. The number of amides is 1. The van der Waals surface area contributed by atoms with E-state index in [1.165, 1.54) is 0 Å². The van der Waals surface area contributed by atoms with Gasteiger partial charge in [-0.25, -0.2) is 4.98 Å². The second-order valence-corrected chi connectivity index (χ2v) is 6.77. The fraction of sp³-hybridized carbons (Fsp3) is 0.412. The van der Waals surface area contributed by atoms with Gasteiger partial charge in [0.2, 0.25) is 0 Å². The lowest BCUT2D eigenvalue weighted by molar-refractivity contribution is 0.0934. The van der Waals surface area contributed by atoms with Gasteiger partial charge in [0.15, 0.2) is 0 Å². The lowest BCUT2D eigenvalue weighted by Crippen LogP contribution is -2.41. The number of nitrogens with one attached hydrogen (secondary N) is 1. The average molecular weight is 390 g/mol. The molecule has 0 spiro atoms. The molecule has 2 rings (SSSR count). The zero-order valence-corrected chi connectivity index (χ0v) is 16.6. The first kappa shape index (κ1) is 22.9. The molecular formula is C17H25Cl2N3OS. The average Bonchev–Trinajstić information content (AvgIpc) is 2.92. The van der Waals surface area contributed by atoms with E-state index in [-0.39, 0.29) is 36.8 Å². The van der Waals surface area contributed by atoms with E-state index >= 15 is 0 Å². The molecule has 1 aromatic carbocycles. The number of carbonyl (C=O) groups excluding carboxylic acids is 1. The van der Waals surface area contributed by atoms with Crippen LogP contribution in [0.3, 0.4) is 0 Å². The molecule has 0 bridgehead atoms. The summed E-state index contributed by atoms with van der Waals surface area (Å²) in [5.41, 5.74) is 8.36. The van der Waals surface area contributed by atoms with Crippen molar-refractivity contribution in [3.05, 3.63) is 40.9 Å². The van der Waals surface area contributed by atoms with Gasteiger partial charge in [-0.3, -0.25) is 4.79 Å².